The minimum Gasteiger partial charge on any atom is 0 e. The minimum absolute atomic E-state index is 0. The summed E-state index contributed by atoms with van der Waals surface area (Å²) < 4.78 is 161. The summed E-state index contributed by atoms with van der Waals surface area (Å²) in [5, 5.41) is 17.3. The number of piperidine rings is 4. The Morgan fingerprint density at radius 2 is 0.929 bits per heavy atom. The molecule has 0 aromatic rings. The van der Waals surface area contributed by atoms with E-state index in [9.17, 15) is 60.3 Å². The summed E-state index contributed by atoms with van der Waals surface area (Å²) in [4.78, 5) is 0. The maximum atomic E-state index is 12.7. The Morgan fingerprint density at radius 3 is 1.18 bits per heavy atom. The monoisotopic (exact) mass is 1020 g/mol. The molecule has 0 saturated carbocycles. The van der Waals surface area contributed by atoms with E-state index in [-0.39, 0.29) is 83.3 Å². The molecule has 0 aromatic heterocycles. The molecule has 0 N–H and O–H groups in total. The first-order chi connectivity index (χ1) is 25.1. The van der Waals surface area contributed by atoms with Gasteiger partial charge in [0.05, 0.1) is 11.8 Å². The van der Waals surface area contributed by atoms with Crippen LogP contribution in [0.15, 0.2) is 59.1 Å². The Labute approximate surface area is 331 Å². The number of rotatable bonds is 3. The zero-order valence-electron chi connectivity index (χ0n) is 30.4. The first-order valence-corrected chi connectivity index (χ1v) is 19.9. The van der Waals surface area contributed by atoms with Gasteiger partial charge in [0, 0.05) is 32.4 Å². The third kappa shape index (κ3) is 20.3. The van der Waals surface area contributed by atoms with Gasteiger partial charge in [-0.3, -0.25) is 20.2 Å². The van der Waals surface area contributed by atoms with Gasteiger partial charge >= 0.3 is 45.3 Å². The minimum atomic E-state index is -10.7. The van der Waals surface area contributed by atoms with Crippen LogP contribution in [0.3, 0.4) is 0 Å². The average molecular weight is 1020 g/mol. The van der Waals surface area contributed by atoms with Crippen molar-refractivity contribution in [3.63, 3.8) is 0 Å². The van der Waals surface area contributed by atoms with Crippen LogP contribution in [-0.2, 0) is 20.1 Å². The van der Waals surface area contributed by atoms with E-state index in [1.54, 1.807) is 12.2 Å². The molecule has 6 aliphatic rings. The number of nitrogens with zero attached hydrogens (tertiary/aromatic N) is 4. The van der Waals surface area contributed by atoms with Crippen LogP contribution >= 0.6 is 7.81 Å². The summed E-state index contributed by atoms with van der Waals surface area (Å²) >= 11 is 0. The Kier molecular flexibility index (Phi) is 18.0. The molecule has 1 radical (unpaired) electrons. The molecule has 8 atom stereocenters. The third-order valence-electron chi connectivity index (χ3n) is 9.56. The second-order valence-electron chi connectivity index (χ2n) is 14.5. The maximum Gasteiger partial charge on any atom is 0 e. The van der Waals surface area contributed by atoms with Crippen molar-refractivity contribution < 1.29 is 80.4 Å². The van der Waals surface area contributed by atoms with Crippen LogP contribution in [0.5, 0.6) is 0 Å². The Bertz CT molecular complexity index is 1330. The van der Waals surface area contributed by atoms with E-state index in [2.05, 4.69) is 46.6 Å². The first kappa shape index (κ1) is 50.3. The van der Waals surface area contributed by atoms with Crippen molar-refractivity contribution in [1.29, 1.82) is 0 Å². The average Bonchev–Trinajstić information content (AvgIpc) is 3.08. The molecule has 4 aliphatic heterocycles. The summed E-state index contributed by atoms with van der Waals surface area (Å²) in [6.07, 6.45) is 4.24. The Balaban J connectivity index is 0.000000270. The molecule has 20 heteroatoms. The molecule has 0 bridgehead atoms. The molecule has 4 heterocycles. The van der Waals surface area contributed by atoms with Gasteiger partial charge < -0.3 is 21.3 Å². The normalized spacial score (nSPS) is 32.0. The van der Waals surface area contributed by atoms with Crippen molar-refractivity contribution in [2.24, 2.45) is 23.7 Å². The predicted octanol–water partition coefficient (Wildman–Crippen LogP) is 14.4. The summed E-state index contributed by atoms with van der Waals surface area (Å²) in [6.45, 7) is 6.39. The number of halogens is 14. The van der Waals surface area contributed by atoms with Gasteiger partial charge in [0.2, 0.25) is 0 Å². The van der Waals surface area contributed by atoms with Crippen molar-refractivity contribution in [3.8, 4) is 0 Å². The molecule has 8 unspecified atom stereocenters. The quantitative estimate of drug-likeness (QED) is 0.117. The number of allylic oxidation sites excluding steroid dienone is 2. The van der Waals surface area contributed by atoms with E-state index in [4.69, 9.17) is 0 Å². The van der Waals surface area contributed by atoms with E-state index >= 15 is 0 Å². The van der Waals surface area contributed by atoms with Gasteiger partial charge in [0.15, 0.2) is 0 Å². The molecule has 0 aromatic carbocycles. The van der Waals surface area contributed by atoms with Crippen molar-refractivity contribution >= 4 is 7.81 Å². The van der Waals surface area contributed by atoms with E-state index in [0.717, 1.165) is 37.1 Å². The van der Waals surface area contributed by atoms with Crippen LogP contribution in [-0.4, -0.2) is 62.7 Å². The molecule has 327 valence electrons. The molecule has 0 spiro atoms. The van der Waals surface area contributed by atoms with Crippen molar-refractivity contribution in [2.75, 3.05) is 26.2 Å². The van der Waals surface area contributed by atoms with Crippen LogP contribution in [0, 0.1) is 36.0 Å². The summed E-state index contributed by atoms with van der Waals surface area (Å²) in [7, 11) is -10.7. The van der Waals surface area contributed by atoms with Crippen molar-refractivity contribution in [2.45, 2.75) is 102 Å². The van der Waals surface area contributed by atoms with Crippen molar-refractivity contribution in [1.82, 2.24) is 0 Å². The van der Waals surface area contributed by atoms with Gasteiger partial charge in [0.25, 0.3) is 0 Å². The summed E-state index contributed by atoms with van der Waals surface area (Å²) in [5.74, 6) is -1.53. The fourth-order valence-corrected chi connectivity index (χ4v) is 6.53. The fraction of sp³-hybridized carbons (Fsp3) is 0.667. The van der Waals surface area contributed by atoms with Gasteiger partial charge in [-0.1, -0.05) is 77.0 Å². The van der Waals surface area contributed by atoms with Crippen LogP contribution in [0.1, 0.15) is 65.2 Å². The van der Waals surface area contributed by atoms with Gasteiger partial charge in [0.1, 0.15) is 0 Å². The van der Waals surface area contributed by atoms with Crippen LogP contribution in [0.4, 0.5) is 60.3 Å². The van der Waals surface area contributed by atoms with Crippen molar-refractivity contribution in [3.05, 3.63) is 92.7 Å². The van der Waals surface area contributed by atoms with E-state index < -0.39 is 44.1 Å². The molecular weight excluding hydrogens is 978 g/mol. The SMILES string of the molecule is CC1CCC(C2=C=C[C-](F)C=C2)[N-]C1.CC1CCC(C2=C=C[C-](F)C=C2)[N-]C1.FC(F)(F)C1CC[N-]C(C2CC(C(F)(F)F)CC[N-]2)C1.F[P-](F)(F)(F)(F)F.[Ir]. The number of hydrogen-bond donors (Lipinski definition) is 0. The Hall–Kier alpha value is -1.80. The topological polar surface area (TPSA) is 56.4 Å². The van der Waals surface area contributed by atoms with E-state index in [1.165, 1.54) is 37.1 Å². The van der Waals surface area contributed by atoms with Crippen LogP contribution in [0.2, 0.25) is 0 Å². The molecular formula is C36H44F14IrN4P-7. The fourth-order valence-electron chi connectivity index (χ4n) is 6.53. The number of alkyl halides is 6. The zero-order valence-corrected chi connectivity index (χ0v) is 33.7. The third-order valence-corrected chi connectivity index (χ3v) is 9.56. The van der Waals surface area contributed by atoms with E-state index in [1.807, 2.05) is 0 Å². The molecule has 6 rings (SSSR count). The molecule has 2 aliphatic carbocycles. The first-order valence-electron chi connectivity index (χ1n) is 17.8. The molecule has 0 amide bonds. The molecule has 56 heavy (non-hydrogen) atoms. The Morgan fingerprint density at radius 1 is 0.589 bits per heavy atom. The maximum absolute atomic E-state index is 12.7. The van der Waals surface area contributed by atoms with Gasteiger partial charge in [-0.15, -0.1) is 73.7 Å². The zero-order chi connectivity index (χ0) is 41.3. The van der Waals surface area contributed by atoms with Crippen LogP contribution in [0.25, 0.3) is 21.3 Å². The van der Waals surface area contributed by atoms with Crippen LogP contribution < -0.4 is 0 Å². The summed E-state index contributed by atoms with van der Waals surface area (Å²) in [5.41, 5.74) is 7.96. The standard InChI is InChI=1S/C12H16F6N2.2C12H14FN.F6P.Ir/c13-11(14,15)7-1-3-19-9(5-7)10-6-8(2-4-20-10)12(16,17)18;2*1-9-2-7-12(14-8-9)10-3-5-11(13)6-4-10;1-7(2,3,4,5)6;/h7-10H,1-6H2;2*3,5-6,9,12H,2,7-8H2,1H3;;/q3*-2;-1;. The summed E-state index contributed by atoms with van der Waals surface area (Å²) in [6, 6.07) is -0.959. The second-order valence-corrected chi connectivity index (χ2v) is 16.4. The van der Waals surface area contributed by atoms with Gasteiger partial charge in [-0.25, -0.2) is 0 Å². The molecule has 4 nitrogen and oxygen atoms in total. The molecule has 4 saturated heterocycles. The van der Waals surface area contributed by atoms with Gasteiger partial charge in [-0.2, -0.15) is 50.6 Å². The smallest absolute Gasteiger partial charge is 0 e. The largest absolute Gasteiger partial charge is 0 e. The second kappa shape index (κ2) is 20.0. The van der Waals surface area contributed by atoms with E-state index in [0.29, 0.717) is 11.8 Å². The predicted molar refractivity (Wildman–Crippen MR) is 186 cm³/mol. The van der Waals surface area contributed by atoms with Gasteiger partial charge in [-0.05, 0) is 0 Å². The molecule has 4 fully saturated rings. The number of hydrogen-bond acceptors (Lipinski definition) is 0.